The van der Waals surface area contributed by atoms with E-state index in [0.717, 1.165) is 18.4 Å². The number of hydrogen-bond donors (Lipinski definition) is 1. The van der Waals surface area contributed by atoms with Crippen LogP contribution in [0.2, 0.25) is 0 Å². The number of aromatic nitrogens is 2. The smallest absolute Gasteiger partial charge is 0.140 e. The van der Waals surface area contributed by atoms with Gasteiger partial charge >= 0.3 is 0 Å². The van der Waals surface area contributed by atoms with E-state index >= 15 is 0 Å². The largest absolute Gasteiger partial charge is 0.383 e. The molecule has 102 valence electrons. The summed E-state index contributed by atoms with van der Waals surface area (Å²) in [4.78, 5) is 4.47. The normalized spacial score (nSPS) is 11.1. The summed E-state index contributed by atoms with van der Waals surface area (Å²) in [6.07, 6.45) is 3.54. The molecule has 2 aromatic heterocycles. The second-order valence-electron chi connectivity index (χ2n) is 4.87. The molecule has 0 aliphatic carbocycles. The first-order valence-electron chi connectivity index (χ1n) is 6.71. The van der Waals surface area contributed by atoms with E-state index in [1.807, 2.05) is 12.1 Å². The third-order valence-electron chi connectivity index (χ3n) is 3.39. The van der Waals surface area contributed by atoms with Crippen molar-refractivity contribution in [2.24, 2.45) is 0 Å². The molecule has 1 aromatic carbocycles. The number of halogens is 1. The summed E-state index contributed by atoms with van der Waals surface area (Å²) in [5.74, 6) is 0.134. The van der Waals surface area contributed by atoms with Crippen molar-refractivity contribution in [2.45, 2.75) is 19.8 Å². The molecule has 0 saturated heterocycles. The van der Waals surface area contributed by atoms with Crippen molar-refractivity contribution in [2.75, 3.05) is 5.73 Å². The minimum atomic E-state index is -0.327. The van der Waals surface area contributed by atoms with Crippen molar-refractivity contribution >= 4 is 11.5 Å². The van der Waals surface area contributed by atoms with Gasteiger partial charge in [-0.3, -0.25) is 4.40 Å². The molecule has 0 radical (unpaired) electrons. The number of pyridine rings is 1. The molecule has 0 aliphatic rings. The topological polar surface area (TPSA) is 43.3 Å². The summed E-state index contributed by atoms with van der Waals surface area (Å²) >= 11 is 0. The Bertz CT molecular complexity index is 744. The predicted octanol–water partition coefficient (Wildman–Crippen LogP) is 3.68. The maximum Gasteiger partial charge on any atom is 0.140 e. The number of nitrogens with zero attached hydrogens (tertiary/aromatic N) is 2. The minimum absolute atomic E-state index is 0.327. The van der Waals surface area contributed by atoms with Crippen molar-refractivity contribution in [3.8, 4) is 11.3 Å². The standard InChI is InChI=1S/C16H16FN3/c1-2-3-11-4-6-12(7-5-11)15-16(18)20-10-13(17)8-9-14(20)19-15/h4-10H,2-3,18H2,1H3. The van der Waals surface area contributed by atoms with E-state index in [0.29, 0.717) is 17.2 Å². The monoisotopic (exact) mass is 269 g/mol. The quantitative estimate of drug-likeness (QED) is 0.788. The Morgan fingerprint density at radius 1 is 1.15 bits per heavy atom. The summed E-state index contributed by atoms with van der Waals surface area (Å²) in [6, 6.07) is 11.2. The number of benzene rings is 1. The molecule has 0 unspecified atom stereocenters. The lowest BCUT2D eigenvalue weighted by molar-refractivity contribution is 0.619. The molecule has 20 heavy (non-hydrogen) atoms. The van der Waals surface area contributed by atoms with Crippen LogP contribution in [0.4, 0.5) is 10.2 Å². The molecule has 0 aliphatic heterocycles. The van der Waals surface area contributed by atoms with E-state index in [1.54, 1.807) is 10.5 Å². The number of aryl methyl sites for hydroxylation is 1. The van der Waals surface area contributed by atoms with Crippen molar-refractivity contribution in [3.05, 3.63) is 54.0 Å². The van der Waals surface area contributed by atoms with Crippen molar-refractivity contribution in [3.63, 3.8) is 0 Å². The van der Waals surface area contributed by atoms with Gasteiger partial charge < -0.3 is 5.73 Å². The summed E-state index contributed by atoms with van der Waals surface area (Å²) in [5, 5.41) is 0. The van der Waals surface area contributed by atoms with Crippen LogP contribution < -0.4 is 5.73 Å². The average Bonchev–Trinajstić information content (AvgIpc) is 2.77. The highest BCUT2D eigenvalue weighted by Gasteiger charge is 2.11. The molecule has 3 rings (SSSR count). The Hall–Kier alpha value is -2.36. The predicted molar refractivity (Wildman–Crippen MR) is 79.0 cm³/mol. The van der Waals surface area contributed by atoms with Gasteiger partial charge in [-0.05, 0) is 24.1 Å². The van der Waals surface area contributed by atoms with E-state index < -0.39 is 0 Å². The number of fused-ring (bicyclic) bond motifs is 1. The third kappa shape index (κ3) is 2.13. The van der Waals surface area contributed by atoms with Gasteiger partial charge in [0, 0.05) is 11.8 Å². The van der Waals surface area contributed by atoms with Crippen molar-refractivity contribution in [1.82, 2.24) is 9.38 Å². The zero-order valence-corrected chi connectivity index (χ0v) is 11.3. The molecule has 4 heteroatoms. The summed E-state index contributed by atoms with van der Waals surface area (Å²) in [6.45, 7) is 2.16. The highest BCUT2D eigenvalue weighted by molar-refractivity contribution is 5.74. The number of nitrogen functional groups attached to an aromatic ring is 1. The lowest BCUT2D eigenvalue weighted by Gasteiger charge is -2.02. The fraction of sp³-hybridized carbons (Fsp3) is 0.188. The Morgan fingerprint density at radius 3 is 2.60 bits per heavy atom. The SMILES string of the molecule is CCCc1ccc(-c2nc3ccc(F)cn3c2N)cc1. The first kappa shape index (κ1) is 12.7. The number of imidazole rings is 1. The van der Waals surface area contributed by atoms with E-state index in [9.17, 15) is 4.39 Å². The summed E-state index contributed by atoms with van der Waals surface area (Å²) in [7, 11) is 0. The zero-order valence-electron chi connectivity index (χ0n) is 11.3. The van der Waals surface area contributed by atoms with Crippen LogP contribution in [0.1, 0.15) is 18.9 Å². The lowest BCUT2D eigenvalue weighted by atomic mass is 10.1. The van der Waals surface area contributed by atoms with Crippen molar-refractivity contribution < 1.29 is 4.39 Å². The number of hydrogen-bond acceptors (Lipinski definition) is 2. The molecule has 0 atom stereocenters. The molecule has 3 aromatic rings. The van der Waals surface area contributed by atoms with Crippen LogP contribution in [-0.4, -0.2) is 9.38 Å². The van der Waals surface area contributed by atoms with Gasteiger partial charge in [-0.15, -0.1) is 0 Å². The Balaban J connectivity index is 2.07. The van der Waals surface area contributed by atoms with Gasteiger partial charge in [-0.1, -0.05) is 37.6 Å². The van der Waals surface area contributed by atoms with E-state index in [-0.39, 0.29) is 5.82 Å². The molecular weight excluding hydrogens is 253 g/mol. The molecule has 0 spiro atoms. The Morgan fingerprint density at radius 2 is 1.90 bits per heavy atom. The van der Waals surface area contributed by atoms with Gasteiger partial charge in [-0.2, -0.15) is 0 Å². The second kappa shape index (κ2) is 4.96. The number of anilines is 1. The molecule has 2 N–H and O–H groups in total. The van der Waals surface area contributed by atoms with E-state index in [1.165, 1.54) is 17.8 Å². The van der Waals surface area contributed by atoms with Crippen molar-refractivity contribution in [1.29, 1.82) is 0 Å². The van der Waals surface area contributed by atoms with Gasteiger partial charge in [0.1, 0.15) is 23.0 Å². The molecule has 0 bridgehead atoms. The van der Waals surface area contributed by atoms with Gasteiger partial charge in [0.25, 0.3) is 0 Å². The average molecular weight is 269 g/mol. The van der Waals surface area contributed by atoms with Crippen LogP contribution in [0.3, 0.4) is 0 Å². The first-order chi connectivity index (χ1) is 9.69. The minimum Gasteiger partial charge on any atom is -0.383 e. The highest BCUT2D eigenvalue weighted by Crippen LogP contribution is 2.27. The van der Waals surface area contributed by atoms with Crippen LogP contribution in [0.5, 0.6) is 0 Å². The van der Waals surface area contributed by atoms with Gasteiger partial charge in [-0.25, -0.2) is 9.37 Å². The van der Waals surface area contributed by atoms with E-state index in [2.05, 4.69) is 24.0 Å². The van der Waals surface area contributed by atoms with Gasteiger partial charge in [0.05, 0.1) is 0 Å². The van der Waals surface area contributed by atoms with Crippen LogP contribution in [-0.2, 0) is 6.42 Å². The molecule has 3 nitrogen and oxygen atoms in total. The van der Waals surface area contributed by atoms with Crippen LogP contribution in [0.15, 0.2) is 42.6 Å². The summed E-state index contributed by atoms with van der Waals surface area (Å²) in [5.41, 5.74) is 9.66. The summed E-state index contributed by atoms with van der Waals surface area (Å²) < 4.78 is 14.8. The first-order valence-corrected chi connectivity index (χ1v) is 6.71. The highest BCUT2D eigenvalue weighted by atomic mass is 19.1. The maximum atomic E-state index is 13.3. The van der Waals surface area contributed by atoms with Crippen LogP contribution in [0, 0.1) is 5.82 Å². The Labute approximate surface area is 116 Å². The van der Waals surface area contributed by atoms with Crippen LogP contribution in [0.25, 0.3) is 16.9 Å². The zero-order chi connectivity index (χ0) is 14.1. The third-order valence-corrected chi connectivity index (χ3v) is 3.39. The second-order valence-corrected chi connectivity index (χ2v) is 4.87. The van der Waals surface area contributed by atoms with Gasteiger partial charge in [0.15, 0.2) is 0 Å². The fourth-order valence-corrected chi connectivity index (χ4v) is 2.37. The molecule has 0 saturated carbocycles. The molecule has 2 heterocycles. The fourth-order valence-electron chi connectivity index (χ4n) is 2.37. The number of rotatable bonds is 3. The number of nitrogens with two attached hydrogens (primary N) is 1. The molecule has 0 fully saturated rings. The molecular formula is C16H16FN3. The molecule has 0 amide bonds. The van der Waals surface area contributed by atoms with Crippen LogP contribution >= 0.6 is 0 Å². The van der Waals surface area contributed by atoms with E-state index in [4.69, 9.17) is 5.73 Å². The maximum absolute atomic E-state index is 13.3. The Kier molecular flexibility index (Phi) is 3.14. The lowest BCUT2D eigenvalue weighted by Crippen LogP contribution is -1.95. The van der Waals surface area contributed by atoms with Gasteiger partial charge in [0.2, 0.25) is 0 Å².